The van der Waals surface area contributed by atoms with Crippen LogP contribution in [0.1, 0.15) is 5.56 Å². The minimum absolute atomic E-state index is 0.534. The highest BCUT2D eigenvalue weighted by atomic mass is 32.2. The van der Waals surface area contributed by atoms with E-state index in [1.165, 1.54) is 0 Å². The van der Waals surface area contributed by atoms with E-state index in [9.17, 15) is 4.21 Å². The molecule has 0 aliphatic carbocycles. The Kier molecular flexibility index (Phi) is 4.21. The number of nitrogen functional groups attached to an aromatic ring is 1. The highest BCUT2D eigenvalue weighted by Crippen LogP contribution is 2.25. The zero-order valence-corrected chi connectivity index (χ0v) is 11.8. The number of rotatable bonds is 5. The van der Waals surface area contributed by atoms with Gasteiger partial charge in [0.1, 0.15) is 5.75 Å². The second kappa shape index (κ2) is 5.88. The van der Waals surface area contributed by atoms with Gasteiger partial charge >= 0.3 is 0 Å². The first-order chi connectivity index (χ1) is 9.10. The second-order valence-corrected chi connectivity index (χ2v) is 5.77. The fourth-order valence-corrected chi connectivity index (χ4v) is 3.02. The lowest BCUT2D eigenvalue weighted by molar-refractivity contribution is 0.404. The Morgan fingerprint density at radius 3 is 2.89 bits per heavy atom. The fourth-order valence-electron chi connectivity index (χ4n) is 1.79. The van der Waals surface area contributed by atoms with E-state index in [0.717, 1.165) is 5.56 Å². The highest BCUT2D eigenvalue weighted by molar-refractivity contribution is 7.85. The Labute approximate surface area is 114 Å². The van der Waals surface area contributed by atoms with Crippen molar-refractivity contribution in [1.82, 2.24) is 9.78 Å². The topological polar surface area (TPSA) is 70.1 Å². The van der Waals surface area contributed by atoms with Crippen molar-refractivity contribution in [3.63, 3.8) is 0 Å². The van der Waals surface area contributed by atoms with Gasteiger partial charge < -0.3 is 10.5 Å². The lowest BCUT2D eigenvalue weighted by Gasteiger charge is -2.08. The Morgan fingerprint density at radius 2 is 2.26 bits per heavy atom. The molecule has 2 N–H and O–H groups in total. The fraction of sp³-hybridized carbons (Fsp3) is 0.308. The quantitative estimate of drug-likeness (QED) is 0.839. The van der Waals surface area contributed by atoms with Gasteiger partial charge in [0.2, 0.25) is 0 Å². The van der Waals surface area contributed by atoms with Crippen molar-refractivity contribution in [2.24, 2.45) is 7.05 Å². The van der Waals surface area contributed by atoms with Crippen molar-refractivity contribution in [3.05, 3.63) is 36.2 Å². The van der Waals surface area contributed by atoms with Crippen LogP contribution in [0.25, 0.3) is 0 Å². The largest absolute Gasteiger partial charge is 0.495 e. The summed E-state index contributed by atoms with van der Waals surface area (Å²) in [5, 5.41) is 4.09. The second-order valence-electron chi connectivity index (χ2n) is 4.23. The molecule has 5 nitrogen and oxygen atoms in total. The van der Waals surface area contributed by atoms with Crippen molar-refractivity contribution in [1.29, 1.82) is 0 Å². The molecular formula is C13H17N3O2S. The number of hydrogen-bond acceptors (Lipinski definition) is 4. The molecule has 0 saturated heterocycles. The first-order valence-corrected chi connectivity index (χ1v) is 7.21. The lowest BCUT2D eigenvalue weighted by Crippen LogP contribution is -2.04. The maximum atomic E-state index is 12.3. The van der Waals surface area contributed by atoms with Crippen LogP contribution in [-0.2, 0) is 24.3 Å². The predicted molar refractivity (Wildman–Crippen MR) is 75.6 cm³/mol. The van der Waals surface area contributed by atoms with Crippen LogP contribution in [0.15, 0.2) is 35.5 Å². The van der Waals surface area contributed by atoms with E-state index in [0.29, 0.717) is 28.5 Å². The summed E-state index contributed by atoms with van der Waals surface area (Å²) < 4.78 is 19.2. The van der Waals surface area contributed by atoms with Gasteiger partial charge in [-0.2, -0.15) is 5.10 Å². The average Bonchev–Trinajstić information content (AvgIpc) is 2.81. The van der Waals surface area contributed by atoms with Gasteiger partial charge in [-0.1, -0.05) is 0 Å². The van der Waals surface area contributed by atoms with Crippen LogP contribution in [0.4, 0.5) is 5.69 Å². The summed E-state index contributed by atoms with van der Waals surface area (Å²) in [6.45, 7) is 0. The molecule has 2 aromatic rings. The van der Waals surface area contributed by atoms with Crippen LogP contribution < -0.4 is 10.5 Å². The van der Waals surface area contributed by atoms with Crippen LogP contribution in [0.2, 0.25) is 0 Å². The van der Waals surface area contributed by atoms with Crippen molar-refractivity contribution in [2.75, 3.05) is 18.6 Å². The molecule has 0 bridgehead atoms. The zero-order chi connectivity index (χ0) is 13.8. The van der Waals surface area contributed by atoms with Gasteiger partial charge in [0.25, 0.3) is 0 Å². The van der Waals surface area contributed by atoms with E-state index in [2.05, 4.69) is 5.10 Å². The van der Waals surface area contributed by atoms with E-state index < -0.39 is 10.8 Å². The van der Waals surface area contributed by atoms with Gasteiger partial charge in [-0.15, -0.1) is 0 Å². The highest BCUT2D eigenvalue weighted by Gasteiger charge is 2.11. The molecular weight excluding hydrogens is 262 g/mol. The number of aromatic nitrogens is 2. The number of nitrogens with two attached hydrogens (primary N) is 1. The lowest BCUT2D eigenvalue weighted by atomic mass is 10.3. The van der Waals surface area contributed by atoms with Crippen molar-refractivity contribution in [3.8, 4) is 5.75 Å². The Bertz CT molecular complexity index is 595. The van der Waals surface area contributed by atoms with E-state index in [1.807, 2.05) is 13.2 Å². The maximum absolute atomic E-state index is 12.3. The molecule has 1 atom stereocenters. The van der Waals surface area contributed by atoms with E-state index in [-0.39, 0.29) is 0 Å². The van der Waals surface area contributed by atoms with Gasteiger partial charge in [0, 0.05) is 30.8 Å². The van der Waals surface area contributed by atoms with Gasteiger partial charge in [0.15, 0.2) is 0 Å². The summed E-state index contributed by atoms with van der Waals surface area (Å²) in [5.74, 6) is 1.11. The molecule has 19 heavy (non-hydrogen) atoms. The van der Waals surface area contributed by atoms with Gasteiger partial charge in [-0.3, -0.25) is 8.89 Å². The molecule has 2 rings (SSSR count). The normalized spacial score (nSPS) is 12.3. The van der Waals surface area contributed by atoms with E-state index >= 15 is 0 Å². The number of anilines is 1. The SMILES string of the molecule is COc1cc(N)ccc1S(=O)CCc1cnn(C)c1. The summed E-state index contributed by atoms with van der Waals surface area (Å²) in [4.78, 5) is 0.681. The smallest absolute Gasteiger partial charge is 0.137 e. The summed E-state index contributed by atoms with van der Waals surface area (Å²) in [6.07, 6.45) is 4.43. The number of ether oxygens (including phenoxy) is 1. The number of hydrogen-bond donors (Lipinski definition) is 1. The molecule has 6 heteroatoms. The minimum Gasteiger partial charge on any atom is -0.495 e. The molecule has 1 unspecified atom stereocenters. The molecule has 0 saturated carbocycles. The van der Waals surface area contributed by atoms with Gasteiger partial charge in [-0.05, 0) is 24.1 Å². The standard InChI is InChI=1S/C13H17N3O2S/c1-16-9-10(8-15-16)5-6-19(17)13-4-3-11(14)7-12(13)18-2/h3-4,7-9H,5-6,14H2,1-2H3. The third kappa shape index (κ3) is 3.35. The van der Waals surface area contributed by atoms with Crippen LogP contribution >= 0.6 is 0 Å². The molecule has 0 amide bonds. The molecule has 0 radical (unpaired) electrons. The number of benzene rings is 1. The van der Waals surface area contributed by atoms with Crippen LogP contribution in [0.5, 0.6) is 5.75 Å². The molecule has 0 aliphatic rings. The van der Waals surface area contributed by atoms with Gasteiger partial charge in [0.05, 0.1) is 29.0 Å². The van der Waals surface area contributed by atoms with Crippen LogP contribution in [-0.4, -0.2) is 26.9 Å². The van der Waals surface area contributed by atoms with E-state index in [4.69, 9.17) is 10.5 Å². The van der Waals surface area contributed by atoms with Crippen molar-refractivity contribution in [2.45, 2.75) is 11.3 Å². The first kappa shape index (κ1) is 13.6. The van der Waals surface area contributed by atoms with Crippen molar-refractivity contribution < 1.29 is 8.95 Å². The summed E-state index contributed by atoms with van der Waals surface area (Å²) in [7, 11) is 2.30. The molecule has 102 valence electrons. The molecule has 1 aromatic heterocycles. The maximum Gasteiger partial charge on any atom is 0.137 e. The van der Waals surface area contributed by atoms with Crippen LogP contribution in [0.3, 0.4) is 0 Å². The molecule has 1 aromatic carbocycles. The number of nitrogens with zero attached hydrogens (tertiary/aromatic N) is 2. The van der Waals surface area contributed by atoms with Crippen molar-refractivity contribution >= 4 is 16.5 Å². The third-order valence-electron chi connectivity index (χ3n) is 2.77. The summed E-state index contributed by atoms with van der Waals surface area (Å²) in [5.41, 5.74) is 7.36. The Hall–Kier alpha value is -1.82. The summed E-state index contributed by atoms with van der Waals surface area (Å²) >= 11 is 0. The molecule has 1 heterocycles. The van der Waals surface area contributed by atoms with Crippen LogP contribution in [0, 0.1) is 0 Å². The van der Waals surface area contributed by atoms with E-state index in [1.54, 1.807) is 36.2 Å². The monoisotopic (exact) mass is 279 g/mol. The molecule has 0 aliphatic heterocycles. The van der Waals surface area contributed by atoms with Gasteiger partial charge in [-0.25, -0.2) is 0 Å². The first-order valence-electron chi connectivity index (χ1n) is 5.89. The zero-order valence-electron chi connectivity index (χ0n) is 11.0. The minimum atomic E-state index is -1.11. The Balaban J connectivity index is 2.07. The molecule has 0 fully saturated rings. The Morgan fingerprint density at radius 1 is 1.47 bits per heavy atom. The number of aryl methyl sites for hydroxylation is 2. The average molecular weight is 279 g/mol. The molecule has 0 spiro atoms. The summed E-state index contributed by atoms with van der Waals surface area (Å²) in [6, 6.07) is 5.19. The third-order valence-corrected chi connectivity index (χ3v) is 4.17. The number of methoxy groups -OCH3 is 1. The predicted octanol–water partition coefficient (Wildman–Crippen LogP) is 1.36.